The first-order chi connectivity index (χ1) is 9.69. The Labute approximate surface area is 116 Å². The highest BCUT2D eigenvalue weighted by atomic mass is 19.1. The average molecular weight is 267 g/mol. The SMILES string of the molecule is CCNC(=O)c1cccc2cc3cc(F)ccc3cc12. The van der Waals surface area contributed by atoms with Gasteiger partial charge in [0.25, 0.3) is 5.91 Å². The van der Waals surface area contributed by atoms with Gasteiger partial charge < -0.3 is 5.32 Å². The van der Waals surface area contributed by atoms with E-state index in [1.54, 1.807) is 6.07 Å². The maximum Gasteiger partial charge on any atom is 0.251 e. The van der Waals surface area contributed by atoms with Crippen LogP contribution >= 0.6 is 0 Å². The number of rotatable bonds is 2. The van der Waals surface area contributed by atoms with E-state index in [4.69, 9.17) is 0 Å². The van der Waals surface area contributed by atoms with Gasteiger partial charge in [0, 0.05) is 12.1 Å². The molecular formula is C17H14FNO. The number of benzene rings is 3. The summed E-state index contributed by atoms with van der Waals surface area (Å²) >= 11 is 0. The van der Waals surface area contributed by atoms with E-state index < -0.39 is 0 Å². The summed E-state index contributed by atoms with van der Waals surface area (Å²) in [6.45, 7) is 2.48. The van der Waals surface area contributed by atoms with E-state index in [0.29, 0.717) is 12.1 Å². The van der Waals surface area contributed by atoms with Gasteiger partial charge in [0.15, 0.2) is 0 Å². The highest BCUT2D eigenvalue weighted by Crippen LogP contribution is 2.26. The minimum atomic E-state index is -0.253. The molecule has 20 heavy (non-hydrogen) atoms. The average Bonchev–Trinajstić information content (AvgIpc) is 2.44. The highest BCUT2D eigenvalue weighted by Gasteiger charge is 2.09. The number of hydrogen-bond donors (Lipinski definition) is 1. The molecule has 0 bridgehead atoms. The third-order valence-corrected chi connectivity index (χ3v) is 3.38. The van der Waals surface area contributed by atoms with E-state index in [1.807, 2.05) is 37.3 Å². The van der Waals surface area contributed by atoms with E-state index in [9.17, 15) is 9.18 Å². The van der Waals surface area contributed by atoms with Crippen LogP contribution in [0.15, 0.2) is 48.5 Å². The second kappa shape index (κ2) is 4.93. The number of carbonyl (C=O) groups excluding carboxylic acids is 1. The molecular weight excluding hydrogens is 253 g/mol. The second-order valence-corrected chi connectivity index (χ2v) is 4.73. The van der Waals surface area contributed by atoms with Gasteiger partial charge in [-0.05, 0) is 58.8 Å². The fourth-order valence-electron chi connectivity index (χ4n) is 2.45. The van der Waals surface area contributed by atoms with Crippen LogP contribution in [0.25, 0.3) is 21.5 Å². The molecule has 1 N–H and O–H groups in total. The van der Waals surface area contributed by atoms with Crippen LogP contribution in [0, 0.1) is 5.82 Å². The molecule has 1 amide bonds. The van der Waals surface area contributed by atoms with Gasteiger partial charge in [-0.2, -0.15) is 0 Å². The normalized spacial score (nSPS) is 10.9. The van der Waals surface area contributed by atoms with Crippen molar-refractivity contribution < 1.29 is 9.18 Å². The van der Waals surface area contributed by atoms with Crippen molar-refractivity contribution >= 4 is 27.5 Å². The summed E-state index contributed by atoms with van der Waals surface area (Å²) in [6.07, 6.45) is 0. The lowest BCUT2D eigenvalue weighted by molar-refractivity contribution is 0.0957. The van der Waals surface area contributed by atoms with E-state index in [1.165, 1.54) is 12.1 Å². The summed E-state index contributed by atoms with van der Waals surface area (Å²) in [5.41, 5.74) is 0.649. The standard InChI is InChI=1S/C17H14FNO/c1-2-19-17(20)15-5-3-4-12-8-13-9-14(18)7-6-11(13)10-16(12)15/h3-10H,2H2,1H3,(H,19,20). The Morgan fingerprint density at radius 3 is 2.70 bits per heavy atom. The van der Waals surface area contributed by atoms with Crippen LogP contribution in [0.5, 0.6) is 0 Å². The Morgan fingerprint density at radius 1 is 1.05 bits per heavy atom. The van der Waals surface area contributed by atoms with Gasteiger partial charge in [0.05, 0.1) is 0 Å². The number of hydrogen-bond acceptors (Lipinski definition) is 1. The van der Waals surface area contributed by atoms with Crippen molar-refractivity contribution in [2.75, 3.05) is 6.54 Å². The largest absolute Gasteiger partial charge is 0.352 e. The molecule has 0 radical (unpaired) electrons. The van der Waals surface area contributed by atoms with Crippen LogP contribution < -0.4 is 5.32 Å². The summed E-state index contributed by atoms with van der Waals surface area (Å²) in [7, 11) is 0. The monoisotopic (exact) mass is 267 g/mol. The minimum absolute atomic E-state index is 0.0837. The van der Waals surface area contributed by atoms with Crippen molar-refractivity contribution in [1.29, 1.82) is 0 Å². The predicted octanol–water partition coefficient (Wildman–Crippen LogP) is 3.88. The zero-order valence-corrected chi connectivity index (χ0v) is 11.1. The third-order valence-electron chi connectivity index (χ3n) is 3.38. The van der Waals surface area contributed by atoms with Gasteiger partial charge in [0.2, 0.25) is 0 Å². The summed E-state index contributed by atoms with van der Waals surface area (Å²) in [5.74, 6) is -0.337. The molecule has 0 aromatic heterocycles. The number of amides is 1. The Bertz CT molecular complexity index is 811. The van der Waals surface area contributed by atoms with Crippen molar-refractivity contribution in [3.8, 4) is 0 Å². The Balaban J connectivity index is 2.28. The molecule has 3 aromatic carbocycles. The number of fused-ring (bicyclic) bond motifs is 2. The first-order valence-corrected chi connectivity index (χ1v) is 6.59. The van der Waals surface area contributed by atoms with Gasteiger partial charge in [0.1, 0.15) is 5.82 Å². The van der Waals surface area contributed by atoms with Crippen LogP contribution in [-0.4, -0.2) is 12.5 Å². The van der Waals surface area contributed by atoms with Crippen molar-refractivity contribution in [3.63, 3.8) is 0 Å². The lowest BCUT2D eigenvalue weighted by Gasteiger charge is -2.08. The van der Waals surface area contributed by atoms with Gasteiger partial charge in [-0.25, -0.2) is 4.39 Å². The first-order valence-electron chi connectivity index (χ1n) is 6.59. The Kier molecular flexibility index (Phi) is 3.11. The van der Waals surface area contributed by atoms with Gasteiger partial charge in [-0.1, -0.05) is 18.2 Å². The zero-order chi connectivity index (χ0) is 14.1. The van der Waals surface area contributed by atoms with E-state index in [0.717, 1.165) is 21.5 Å². The fraction of sp³-hybridized carbons (Fsp3) is 0.118. The minimum Gasteiger partial charge on any atom is -0.352 e. The van der Waals surface area contributed by atoms with Crippen molar-refractivity contribution in [1.82, 2.24) is 5.32 Å². The van der Waals surface area contributed by atoms with Crippen molar-refractivity contribution in [2.24, 2.45) is 0 Å². The van der Waals surface area contributed by atoms with Gasteiger partial charge in [-0.3, -0.25) is 4.79 Å². The van der Waals surface area contributed by atoms with Crippen LogP contribution in [0.2, 0.25) is 0 Å². The molecule has 0 saturated heterocycles. The lowest BCUT2D eigenvalue weighted by Crippen LogP contribution is -2.22. The topological polar surface area (TPSA) is 29.1 Å². The predicted molar refractivity (Wildman–Crippen MR) is 79.4 cm³/mol. The molecule has 3 aromatic rings. The third kappa shape index (κ3) is 2.11. The van der Waals surface area contributed by atoms with Gasteiger partial charge in [-0.15, -0.1) is 0 Å². The molecule has 0 spiro atoms. The maximum absolute atomic E-state index is 13.3. The summed E-state index contributed by atoms with van der Waals surface area (Å²) in [6, 6.07) is 14.1. The van der Waals surface area contributed by atoms with Crippen LogP contribution in [0.3, 0.4) is 0 Å². The Morgan fingerprint density at radius 2 is 1.90 bits per heavy atom. The molecule has 0 aliphatic heterocycles. The second-order valence-electron chi connectivity index (χ2n) is 4.73. The smallest absolute Gasteiger partial charge is 0.251 e. The van der Waals surface area contributed by atoms with E-state index in [2.05, 4.69) is 5.32 Å². The molecule has 0 saturated carbocycles. The first kappa shape index (κ1) is 12.6. The molecule has 0 atom stereocenters. The summed E-state index contributed by atoms with van der Waals surface area (Å²) in [4.78, 5) is 12.1. The maximum atomic E-state index is 13.3. The zero-order valence-electron chi connectivity index (χ0n) is 11.1. The molecule has 0 aliphatic carbocycles. The molecule has 0 unspecified atom stereocenters. The molecule has 100 valence electrons. The van der Waals surface area contributed by atoms with Crippen molar-refractivity contribution in [3.05, 3.63) is 59.9 Å². The molecule has 2 nitrogen and oxygen atoms in total. The van der Waals surface area contributed by atoms with Crippen molar-refractivity contribution in [2.45, 2.75) is 6.92 Å². The van der Waals surface area contributed by atoms with Crippen LogP contribution in [0.4, 0.5) is 4.39 Å². The van der Waals surface area contributed by atoms with Crippen LogP contribution in [-0.2, 0) is 0 Å². The highest BCUT2D eigenvalue weighted by molar-refractivity contribution is 6.10. The molecule has 0 heterocycles. The fourth-order valence-corrected chi connectivity index (χ4v) is 2.45. The lowest BCUT2D eigenvalue weighted by atomic mass is 9.99. The Hall–Kier alpha value is -2.42. The molecule has 0 aliphatic rings. The molecule has 3 rings (SSSR count). The quantitative estimate of drug-likeness (QED) is 0.701. The van der Waals surface area contributed by atoms with E-state index in [-0.39, 0.29) is 11.7 Å². The van der Waals surface area contributed by atoms with Gasteiger partial charge >= 0.3 is 0 Å². The number of carbonyl (C=O) groups is 1. The number of halogens is 1. The van der Waals surface area contributed by atoms with E-state index >= 15 is 0 Å². The summed E-state index contributed by atoms with van der Waals surface area (Å²) < 4.78 is 13.3. The van der Waals surface area contributed by atoms with Crippen LogP contribution in [0.1, 0.15) is 17.3 Å². The molecule has 0 fully saturated rings. The molecule has 3 heteroatoms. The number of nitrogens with one attached hydrogen (secondary N) is 1. The summed E-state index contributed by atoms with van der Waals surface area (Å²) in [5, 5.41) is 6.40.